The standard InChI is InChI=1S/C25H29ClN4O3/c1-27(25(33)20-9-10-21(26)22(16-20)30-11-5-8-23(30)31)18-24(32)29-14-12-28(13-15-29)17-19-6-3-2-4-7-19/h2-4,6-7,9-10,16H,5,8,11-15,17-18H2,1H3. The lowest BCUT2D eigenvalue weighted by molar-refractivity contribution is -0.133. The number of hydrogen-bond acceptors (Lipinski definition) is 4. The van der Waals surface area contributed by atoms with Crippen LogP contribution in [-0.4, -0.2) is 78.7 Å². The van der Waals surface area contributed by atoms with Crippen LogP contribution in [0.15, 0.2) is 48.5 Å². The predicted octanol–water partition coefficient (Wildman–Crippen LogP) is 2.88. The minimum Gasteiger partial charge on any atom is -0.339 e. The van der Waals surface area contributed by atoms with Gasteiger partial charge in [0.15, 0.2) is 0 Å². The van der Waals surface area contributed by atoms with Gasteiger partial charge in [-0.15, -0.1) is 0 Å². The lowest BCUT2D eigenvalue weighted by Gasteiger charge is -2.35. The number of amides is 3. The summed E-state index contributed by atoms with van der Waals surface area (Å²) in [6.45, 7) is 4.40. The number of piperazine rings is 1. The molecule has 33 heavy (non-hydrogen) atoms. The third kappa shape index (κ3) is 5.54. The third-order valence-corrected chi connectivity index (χ3v) is 6.57. The summed E-state index contributed by atoms with van der Waals surface area (Å²) in [6, 6.07) is 15.2. The molecule has 0 aromatic heterocycles. The van der Waals surface area contributed by atoms with Crippen molar-refractivity contribution in [1.82, 2.24) is 14.7 Å². The predicted molar refractivity (Wildman–Crippen MR) is 128 cm³/mol. The van der Waals surface area contributed by atoms with Crippen molar-refractivity contribution in [2.24, 2.45) is 0 Å². The minimum atomic E-state index is -0.268. The molecule has 0 spiro atoms. The number of carbonyl (C=O) groups excluding carboxylic acids is 3. The highest BCUT2D eigenvalue weighted by Gasteiger charge is 2.26. The Morgan fingerprint density at radius 1 is 1.00 bits per heavy atom. The van der Waals surface area contributed by atoms with Crippen LogP contribution in [0.1, 0.15) is 28.8 Å². The van der Waals surface area contributed by atoms with Crippen molar-refractivity contribution in [2.45, 2.75) is 19.4 Å². The summed E-state index contributed by atoms with van der Waals surface area (Å²) < 4.78 is 0. The Morgan fingerprint density at radius 3 is 2.39 bits per heavy atom. The maximum absolute atomic E-state index is 13.0. The molecule has 174 valence electrons. The van der Waals surface area contributed by atoms with Crippen LogP contribution in [0.4, 0.5) is 5.69 Å². The van der Waals surface area contributed by atoms with E-state index in [0.717, 1.165) is 26.1 Å². The maximum atomic E-state index is 13.0. The van der Waals surface area contributed by atoms with Gasteiger partial charge in [-0.2, -0.15) is 0 Å². The molecule has 8 heteroatoms. The first-order valence-corrected chi connectivity index (χ1v) is 11.7. The van der Waals surface area contributed by atoms with Gasteiger partial charge in [0.25, 0.3) is 5.91 Å². The van der Waals surface area contributed by atoms with E-state index in [9.17, 15) is 14.4 Å². The van der Waals surface area contributed by atoms with E-state index >= 15 is 0 Å². The summed E-state index contributed by atoms with van der Waals surface area (Å²) in [5, 5.41) is 0.439. The molecule has 3 amide bonds. The molecule has 0 N–H and O–H groups in total. The van der Waals surface area contributed by atoms with Crippen molar-refractivity contribution in [3.8, 4) is 0 Å². The van der Waals surface area contributed by atoms with Gasteiger partial charge in [-0.3, -0.25) is 19.3 Å². The van der Waals surface area contributed by atoms with E-state index in [4.69, 9.17) is 11.6 Å². The highest BCUT2D eigenvalue weighted by Crippen LogP contribution is 2.30. The van der Waals surface area contributed by atoms with E-state index in [-0.39, 0.29) is 24.3 Å². The highest BCUT2D eigenvalue weighted by molar-refractivity contribution is 6.34. The van der Waals surface area contributed by atoms with Crippen molar-refractivity contribution in [3.63, 3.8) is 0 Å². The van der Waals surface area contributed by atoms with E-state index < -0.39 is 0 Å². The van der Waals surface area contributed by atoms with Crippen molar-refractivity contribution in [3.05, 3.63) is 64.7 Å². The monoisotopic (exact) mass is 468 g/mol. The van der Waals surface area contributed by atoms with Crippen LogP contribution in [0, 0.1) is 0 Å². The lowest BCUT2D eigenvalue weighted by atomic mass is 10.1. The Morgan fingerprint density at radius 2 is 1.73 bits per heavy atom. The average molecular weight is 469 g/mol. The quantitative estimate of drug-likeness (QED) is 0.654. The molecule has 2 saturated heterocycles. The molecule has 0 bridgehead atoms. The van der Waals surface area contributed by atoms with Gasteiger partial charge >= 0.3 is 0 Å². The summed E-state index contributed by atoms with van der Waals surface area (Å²) in [6.07, 6.45) is 1.27. The molecule has 2 aliphatic heterocycles. The molecule has 0 unspecified atom stereocenters. The van der Waals surface area contributed by atoms with Crippen molar-refractivity contribution in [1.29, 1.82) is 0 Å². The molecule has 0 saturated carbocycles. The summed E-state index contributed by atoms with van der Waals surface area (Å²) in [5.74, 6) is -0.318. The second-order valence-electron chi connectivity index (χ2n) is 8.62. The SMILES string of the molecule is CN(CC(=O)N1CCN(Cc2ccccc2)CC1)C(=O)c1ccc(Cl)c(N2CCCC2=O)c1. The molecule has 2 aromatic rings. The number of benzene rings is 2. The molecular formula is C25H29ClN4O3. The van der Waals surface area contributed by atoms with Crippen LogP contribution >= 0.6 is 11.6 Å². The van der Waals surface area contributed by atoms with E-state index in [1.54, 1.807) is 30.1 Å². The lowest BCUT2D eigenvalue weighted by Crippen LogP contribution is -2.51. The first kappa shape index (κ1) is 23.3. The molecule has 2 heterocycles. The fourth-order valence-electron chi connectivity index (χ4n) is 4.35. The molecular weight excluding hydrogens is 440 g/mol. The number of hydrogen-bond donors (Lipinski definition) is 0. The number of anilines is 1. The van der Waals surface area contributed by atoms with Gasteiger partial charge in [-0.05, 0) is 30.2 Å². The van der Waals surface area contributed by atoms with E-state index in [2.05, 4.69) is 17.0 Å². The molecule has 0 radical (unpaired) electrons. The smallest absolute Gasteiger partial charge is 0.254 e. The Hall–Kier alpha value is -2.90. The minimum absolute atomic E-state index is 0.0106. The molecule has 7 nitrogen and oxygen atoms in total. The molecule has 2 aliphatic rings. The average Bonchev–Trinajstić information content (AvgIpc) is 3.25. The van der Waals surface area contributed by atoms with Gasteiger partial charge in [0.2, 0.25) is 11.8 Å². The van der Waals surface area contributed by atoms with Crippen LogP contribution in [-0.2, 0) is 16.1 Å². The van der Waals surface area contributed by atoms with Crippen LogP contribution in [0.3, 0.4) is 0 Å². The van der Waals surface area contributed by atoms with Crippen LogP contribution < -0.4 is 4.90 Å². The molecule has 4 rings (SSSR count). The fraction of sp³-hybridized carbons (Fsp3) is 0.400. The normalized spacial score (nSPS) is 16.8. The zero-order valence-corrected chi connectivity index (χ0v) is 19.6. The molecule has 2 aromatic carbocycles. The fourth-order valence-corrected chi connectivity index (χ4v) is 4.57. The molecule has 2 fully saturated rings. The Kier molecular flexibility index (Phi) is 7.30. The van der Waals surface area contributed by atoms with Crippen LogP contribution in [0.5, 0.6) is 0 Å². The van der Waals surface area contributed by atoms with Gasteiger partial charge in [-0.1, -0.05) is 41.9 Å². The molecule has 0 atom stereocenters. The molecule has 0 aliphatic carbocycles. The number of halogens is 1. The summed E-state index contributed by atoms with van der Waals surface area (Å²) >= 11 is 6.29. The number of likely N-dealkylation sites (N-methyl/N-ethyl adjacent to an activating group) is 1. The second kappa shape index (κ2) is 10.4. The van der Waals surface area contributed by atoms with Crippen LogP contribution in [0.2, 0.25) is 5.02 Å². The Labute approximate surface area is 199 Å². The van der Waals surface area contributed by atoms with Crippen molar-refractivity contribution < 1.29 is 14.4 Å². The first-order valence-electron chi connectivity index (χ1n) is 11.3. The summed E-state index contributed by atoms with van der Waals surface area (Å²) in [5.41, 5.74) is 2.23. The van der Waals surface area contributed by atoms with Gasteiger partial charge in [0.05, 0.1) is 17.3 Å². The first-order chi connectivity index (χ1) is 15.9. The van der Waals surface area contributed by atoms with Crippen LogP contribution in [0.25, 0.3) is 0 Å². The highest BCUT2D eigenvalue weighted by atomic mass is 35.5. The van der Waals surface area contributed by atoms with Gasteiger partial charge < -0.3 is 14.7 Å². The number of rotatable bonds is 6. The third-order valence-electron chi connectivity index (χ3n) is 6.25. The van der Waals surface area contributed by atoms with E-state index in [1.165, 1.54) is 10.5 Å². The second-order valence-corrected chi connectivity index (χ2v) is 9.03. The summed E-state index contributed by atoms with van der Waals surface area (Å²) in [4.78, 5) is 45.1. The van der Waals surface area contributed by atoms with E-state index in [1.807, 2.05) is 23.1 Å². The summed E-state index contributed by atoms with van der Waals surface area (Å²) in [7, 11) is 1.63. The number of carbonyl (C=O) groups is 3. The largest absolute Gasteiger partial charge is 0.339 e. The number of nitrogens with zero attached hydrogens (tertiary/aromatic N) is 4. The van der Waals surface area contributed by atoms with Crippen molar-refractivity contribution >= 4 is 35.0 Å². The van der Waals surface area contributed by atoms with Gasteiger partial charge in [-0.25, -0.2) is 0 Å². The van der Waals surface area contributed by atoms with Gasteiger partial charge in [0.1, 0.15) is 0 Å². The van der Waals surface area contributed by atoms with Crippen molar-refractivity contribution in [2.75, 3.05) is 51.2 Å². The zero-order chi connectivity index (χ0) is 23.4. The van der Waals surface area contributed by atoms with E-state index in [0.29, 0.717) is 42.3 Å². The maximum Gasteiger partial charge on any atom is 0.254 e. The van der Waals surface area contributed by atoms with Gasteiger partial charge in [0, 0.05) is 58.3 Å². The zero-order valence-electron chi connectivity index (χ0n) is 18.9. The Balaban J connectivity index is 1.32. The Bertz CT molecular complexity index is 1020. The topological polar surface area (TPSA) is 64.2 Å².